The van der Waals surface area contributed by atoms with Crippen molar-refractivity contribution in [2.45, 2.75) is 51.0 Å². The molecule has 1 aromatic carbocycles. The molecule has 0 radical (unpaired) electrons. The molecule has 3 nitrogen and oxygen atoms in total. The number of ether oxygens (including phenoxy) is 1. The van der Waals surface area contributed by atoms with Crippen molar-refractivity contribution in [2.24, 2.45) is 0 Å². The van der Waals surface area contributed by atoms with Gasteiger partial charge in [-0.1, -0.05) is 42.6 Å². The van der Waals surface area contributed by atoms with Gasteiger partial charge in [-0.05, 0) is 50.4 Å². The van der Waals surface area contributed by atoms with Crippen LogP contribution in [0.5, 0.6) is 0 Å². The number of benzene rings is 1. The van der Waals surface area contributed by atoms with E-state index in [-0.39, 0.29) is 5.41 Å². The molecule has 1 atom stereocenters. The van der Waals surface area contributed by atoms with E-state index in [1.165, 1.54) is 31.2 Å². The van der Waals surface area contributed by atoms with Crippen molar-refractivity contribution in [1.82, 2.24) is 9.80 Å². The molecule has 26 heavy (non-hydrogen) atoms. The molecule has 0 N–H and O–H groups in total. The number of hydrogen-bond donors (Lipinski definition) is 0. The second-order valence-electron chi connectivity index (χ2n) is 7.80. The Morgan fingerprint density at radius 2 is 1.88 bits per heavy atom. The van der Waals surface area contributed by atoms with E-state index in [9.17, 15) is 0 Å². The van der Waals surface area contributed by atoms with E-state index in [1.807, 2.05) is 6.07 Å². The predicted molar refractivity (Wildman–Crippen MR) is 111 cm³/mol. The predicted octanol–water partition coefficient (Wildman–Crippen LogP) is 4.85. The van der Waals surface area contributed by atoms with E-state index in [1.54, 1.807) is 0 Å². The molecule has 3 rings (SSSR count). The van der Waals surface area contributed by atoms with E-state index < -0.39 is 0 Å². The van der Waals surface area contributed by atoms with Crippen molar-refractivity contribution >= 4 is 23.2 Å². The topological polar surface area (TPSA) is 15.7 Å². The quantitative estimate of drug-likeness (QED) is 0.622. The van der Waals surface area contributed by atoms with Crippen LogP contribution in [0.2, 0.25) is 10.0 Å². The summed E-state index contributed by atoms with van der Waals surface area (Å²) in [6, 6.07) is 6.76. The van der Waals surface area contributed by atoms with Crippen LogP contribution in [0.3, 0.4) is 0 Å². The maximum absolute atomic E-state index is 6.35. The first kappa shape index (κ1) is 20.4. The lowest BCUT2D eigenvalue weighted by molar-refractivity contribution is 0.0215. The summed E-state index contributed by atoms with van der Waals surface area (Å²) >= 11 is 12.5. The Morgan fingerprint density at radius 1 is 1.15 bits per heavy atom. The summed E-state index contributed by atoms with van der Waals surface area (Å²) in [4.78, 5) is 5.22. The van der Waals surface area contributed by atoms with Gasteiger partial charge in [-0.2, -0.15) is 0 Å². The highest BCUT2D eigenvalue weighted by Gasteiger charge is 2.45. The molecule has 1 saturated carbocycles. The molecule has 0 aromatic heterocycles. The van der Waals surface area contributed by atoms with Crippen molar-refractivity contribution in [1.29, 1.82) is 0 Å². The van der Waals surface area contributed by atoms with E-state index in [2.05, 4.69) is 35.8 Å². The molecule has 0 amide bonds. The minimum absolute atomic E-state index is 0.217. The third kappa shape index (κ3) is 4.39. The molecular formula is C21H32Cl2N2O. The van der Waals surface area contributed by atoms with Gasteiger partial charge in [-0.25, -0.2) is 0 Å². The Labute approximate surface area is 168 Å². The fourth-order valence-corrected chi connectivity index (χ4v) is 4.84. The van der Waals surface area contributed by atoms with Crippen LogP contribution in [-0.2, 0) is 10.2 Å². The van der Waals surface area contributed by atoms with Gasteiger partial charge in [0.15, 0.2) is 0 Å². The number of morpholine rings is 1. The van der Waals surface area contributed by atoms with Crippen molar-refractivity contribution in [3.8, 4) is 0 Å². The maximum Gasteiger partial charge on any atom is 0.0595 e. The lowest BCUT2D eigenvalue weighted by Crippen LogP contribution is -2.55. The molecule has 2 aliphatic rings. The van der Waals surface area contributed by atoms with Crippen molar-refractivity contribution in [3.63, 3.8) is 0 Å². The van der Waals surface area contributed by atoms with Gasteiger partial charge < -0.3 is 4.74 Å². The molecule has 2 fully saturated rings. The summed E-state index contributed by atoms with van der Waals surface area (Å²) < 4.78 is 5.48. The number of halogens is 2. The maximum atomic E-state index is 6.35. The fraction of sp³-hybridized carbons (Fsp3) is 0.714. The van der Waals surface area contributed by atoms with Gasteiger partial charge >= 0.3 is 0 Å². The van der Waals surface area contributed by atoms with Gasteiger partial charge in [-0.15, -0.1) is 0 Å². The average molecular weight is 399 g/mol. The third-order valence-corrected chi connectivity index (χ3v) is 7.14. The Balaban J connectivity index is 1.72. The van der Waals surface area contributed by atoms with Crippen LogP contribution < -0.4 is 0 Å². The van der Waals surface area contributed by atoms with Crippen molar-refractivity contribution < 1.29 is 4.74 Å². The zero-order valence-electron chi connectivity index (χ0n) is 16.1. The smallest absolute Gasteiger partial charge is 0.0595 e. The number of hydrogen-bond acceptors (Lipinski definition) is 3. The lowest BCUT2D eigenvalue weighted by Gasteiger charge is -2.51. The normalized spacial score (nSPS) is 21.6. The molecule has 5 heteroatoms. The molecule has 1 aromatic rings. The van der Waals surface area contributed by atoms with Gasteiger partial charge in [0.05, 0.1) is 23.3 Å². The van der Waals surface area contributed by atoms with E-state index >= 15 is 0 Å². The molecule has 1 heterocycles. The molecule has 1 saturated heterocycles. The molecule has 1 aliphatic carbocycles. The van der Waals surface area contributed by atoms with Crippen LogP contribution in [0.15, 0.2) is 18.2 Å². The monoisotopic (exact) mass is 398 g/mol. The van der Waals surface area contributed by atoms with Crippen molar-refractivity contribution in [3.05, 3.63) is 33.8 Å². The van der Waals surface area contributed by atoms with Crippen LogP contribution in [-0.4, -0.2) is 61.8 Å². The van der Waals surface area contributed by atoms with E-state index in [4.69, 9.17) is 27.9 Å². The third-order valence-electron chi connectivity index (χ3n) is 6.41. The van der Waals surface area contributed by atoms with Crippen LogP contribution in [0, 0.1) is 0 Å². The average Bonchev–Trinajstić information content (AvgIpc) is 2.61. The van der Waals surface area contributed by atoms with Gasteiger partial charge in [-0.3, -0.25) is 9.80 Å². The largest absolute Gasteiger partial charge is 0.379 e. The summed E-state index contributed by atoms with van der Waals surface area (Å²) in [7, 11) is 0. The summed E-state index contributed by atoms with van der Waals surface area (Å²) in [5, 5.41) is 1.33. The highest BCUT2D eigenvalue weighted by Crippen LogP contribution is 2.49. The molecule has 1 unspecified atom stereocenters. The molecule has 1 aliphatic heterocycles. The summed E-state index contributed by atoms with van der Waals surface area (Å²) in [6.45, 7) is 12.0. The molecular weight excluding hydrogens is 367 g/mol. The summed E-state index contributed by atoms with van der Waals surface area (Å²) in [6.07, 6.45) is 4.96. The van der Waals surface area contributed by atoms with Gasteiger partial charge in [0, 0.05) is 37.6 Å². The second-order valence-corrected chi connectivity index (χ2v) is 8.62. The zero-order valence-corrected chi connectivity index (χ0v) is 17.7. The van der Waals surface area contributed by atoms with Crippen LogP contribution in [0.4, 0.5) is 0 Å². The number of nitrogens with zero attached hydrogens (tertiary/aromatic N) is 2. The van der Waals surface area contributed by atoms with Crippen LogP contribution in [0.25, 0.3) is 0 Å². The Kier molecular flexibility index (Phi) is 7.26. The summed E-state index contributed by atoms with van der Waals surface area (Å²) in [5.41, 5.74) is 1.58. The van der Waals surface area contributed by atoms with Crippen LogP contribution in [0.1, 0.15) is 45.1 Å². The van der Waals surface area contributed by atoms with Gasteiger partial charge in [0.1, 0.15) is 0 Å². The van der Waals surface area contributed by atoms with Crippen LogP contribution >= 0.6 is 23.2 Å². The fourth-order valence-electron chi connectivity index (χ4n) is 4.54. The highest BCUT2D eigenvalue weighted by atomic mass is 35.5. The molecule has 0 spiro atoms. The first-order valence-electron chi connectivity index (χ1n) is 10.1. The Bertz CT molecular complexity index is 585. The highest BCUT2D eigenvalue weighted by molar-refractivity contribution is 6.42. The lowest BCUT2D eigenvalue weighted by atomic mass is 9.60. The zero-order chi connectivity index (χ0) is 18.6. The second kappa shape index (κ2) is 9.25. The standard InChI is InChI=1S/C21H32Cl2N2O/c1-3-9-25(11-10-24-12-14-26-15-13-24)17(2)21(7-4-8-21)18-5-6-19(22)20(23)16-18/h5-6,16-17H,3-4,7-15H2,1-2H3. The minimum Gasteiger partial charge on any atom is -0.379 e. The Morgan fingerprint density at radius 3 is 2.46 bits per heavy atom. The SMILES string of the molecule is CCCN(CCN1CCOCC1)C(C)C1(c2ccc(Cl)c(Cl)c2)CCC1. The Hall–Kier alpha value is -0.320. The van der Waals surface area contributed by atoms with Gasteiger partial charge in [0.25, 0.3) is 0 Å². The summed E-state index contributed by atoms with van der Waals surface area (Å²) in [5.74, 6) is 0. The van der Waals surface area contributed by atoms with E-state index in [0.717, 1.165) is 45.9 Å². The van der Waals surface area contributed by atoms with Crippen molar-refractivity contribution in [2.75, 3.05) is 45.9 Å². The molecule has 0 bridgehead atoms. The first-order valence-corrected chi connectivity index (χ1v) is 10.8. The minimum atomic E-state index is 0.217. The van der Waals surface area contributed by atoms with E-state index in [0.29, 0.717) is 16.1 Å². The number of rotatable bonds is 8. The first-order chi connectivity index (χ1) is 12.6. The van der Waals surface area contributed by atoms with Gasteiger partial charge in [0.2, 0.25) is 0 Å². The molecule has 146 valence electrons.